The van der Waals surface area contributed by atoms with Crippen molar-refractivity contribution in [3.05, 3.63) is 34.9 Å². The minimum Gasteiger partial charge on any atom is -0.384 e. The molecule has 2 aliphatic rings. The fourth-order valence-electron chi connectivity index (χ4n) is 3.30. The Morgan fingerprint density at radius 1 is 1.29 bits per heavy atom. The first-order valence-corrected chi connectivity index (χ1v) is 7.80. The van der Waals surface area contributed by atoms with Crippen molar-refractivity contribution in [1.29, 1.82) is 0 Å². The van der Waals surface area contributed by atoms with Crippen LogP contribution >= 0.6 is 11.6 Å². The Kier molecular flexibility index (Phi) is 4.48. The number of likely N-dealkylation sites (tertiary alicyclic amines) is 2. The zero-order valence-corrected chi connectivity index (χ0v) is 13.1. The average molecular weight is 309 g/mol. The number of carbonyl (C=O) groups is 1. The van der Waals surface area contributed by atoms with Gasteiger partial charge in [-0.3, -0.25) is 9.69 Å². The van der Waals surface area contributed by atoms with Crippen LogP contribution in [0.5, 0.6) is 0 Å². The number of rotatable bonds is 5. The van der Waals surface area contributed by atoms with Gasteiger partial charge in [0.1, 0.15) is 0 Å². The van der Waals surface area contributed by atoms with Crippen LogP contribution in [-0.2, 0) is 16.1 Å². The van der Waals surface area contributed by atoms with Crippen molar-refractivity contribution in [3.63, 3.8) is 0 Å². The summed E-state index contributed by atoms with van der Waals surface area (Å²) in [6, 6.07) is 8.54. The van der Waals surface area contributed by atoms with E-state index in [1.165, 1.54) is 5.56 Å². The third-order valence-electron chi connectivity index (χ3n) is 4.52. The summed E-state index contributed by atoms with van der Waals surface area (Å²) in [6.45, 7) is 4.31. The molecule has 2 saturated heterocycles. The molecule has 1 amide bonds. The van der Waals surface area contributed by atoms with Crippen molar-refractivity contribution >= 4 is 17.5 Å². The van der Waals surface area contributed by atoms with Gasteiger partial charge in [0.25, 0.3) is 0 Å². The maximum absolute atomic E-state index is 12.0. The summed E-state index contributed by atoms with van der Waals surface area (Å²) in [5.41, 5.74) is 1.28. The molecular formula is C16H21ClN2O2. The smallest absolute Gasteiger partial charge is 0.224 e. The molecule has 0 radical (unpaired) electrons. The van der Waals surface area contributed by atoms with E-state index in [2.05, 4.69) is 17.0 Å². The van der Waals surface area contributed by atoms with Crippen molar-refractivity contribution in [1.82, 2.24) is 9.80 Å². The molecule has 0 aliphatic carbocycles. The zero-order chi connectivity index (χ0) is 14.8. The van der Waals surface area contributed by atoms with Crippen LogP contribution in [0.3, 0.4) is 0 Å². The normalized spacial score (nSPS) is 24.8. The molecule has 4 nitrogen and oxygen atoms in total. The molecule has 0 N–H and O–H groups in total. The van der Waals surface area contributed by atoms with Crippen LogP contribution in [0.4, 0.5) is 0 Å². The van der Waals surface area contributed by atoms with Gasteiger partial charge >= 0.3 is 0 Å². The summed E-state index contributed by atoms with van der Waals surface area (Å²) in [4.78, 5) is 16.5. The van der Waals surface area contributed by atoms with Gasteiger partial charge in [-0.25, -0.2) is 0 Å². The number of nitrogens with zero attached hydrogens (tertiary/aromatic N) is 2. The number of carbonyl (C=O) groups excluding carboxylic acids is 1. The molecule has 114 valence electrons. The molecule has 0 aromatic heterocycles. The van der Waals surface area contributed by atoms with Gasteiger partial charge in [0.05, 0.1) is 13.0 Å². The van der Waals surface area contributed by atoms with E-state index in [-0.39, 0.29) is 5.91 Å². The first-order valence-electron chi connectivity index (χ1n) is 7.42. The molecule has 2 fully saturated rings. The maximum atomic E-state index is 12.0. The summed E-state index contributed by atoms with van der Waals surface area (Å²) in [6.07, 6.45) is 0.493. The van der Waals surface area contributed by atoms with E-state index in [0.717, 1.165) is 31.2 Å². The Morgan fingerprint density at radius 2 is 2.05 bits per heavy atom. The van der Waals surface area contributed by atoms with E-state index in [0.29, 0.717) is 25.0 Å². The van der Waals surface area contributed by atoms with Gasteiger partial charge in [0, 0.05) is 50.3 Å². The van der Waals surface area contributed by atoms with Crippen LogP contribution in [0.2, 0.25) is 5.02 Å². The molecule has 0 saturated carbocycles. The van der Waals surface area contributed by atoms with Crippen LogP contribution in [0.25, 0.3) is 0 Å². The largest absolute Gasteiger partial charge is 0.384 e. The summed E-state index contributed by atoms with van der Waals surface area (Å²) in [7, 11) is 1.63. The number of amides is 1. The molecule has 1 aromatic rings. The minimum absolute atomic E-state index is 0.220. The van der Waals surface area contributed by atoms with Crippen LogP contribution in [0.15, 0.2) is 24.3 Å². The highest BCUT2D eigenvalue weighted by Gasteiger charge is 2.46. The second-order valence-corrected chi connectivity index (χ2v) is 6.36. The molecular weight excluding hydrogens is 288 g/mol. The van der Waals surface area contributed by atoms with Gasteiger partial charge < -0.3 is 9.64 Å². The molecule has 1 aromatic carbocycles. The predicted molar refractivity (Wildman–Crippen MR) is 82.2 cm³/mol. The van der Waals surface area contributed by atoms with Crippen molar-refractivity contribution in [2.75, 3.05) is 33.4 Å². The van der Waals surface area contributed by atoms with Crippen molar-refractivity contribution in [2.45, 2.75) is 19.0 Å². The highest BCUT2D eigenvalue weighted by Crippen LogP contribution is 2.33. The second kappa shape index (κ2) is 6.34. The lowest BCUT2D eigenvalue weighted by atomic mass is 9.91. The summed E-state index contributed by atoms with van der Waals surface area (Å²) < 4.78 is 4.98. The number of hydrogen-bond donors (Lipinski definition) is 0. The van der Waals surface area contributed by atoms with E-state index in [4.69, 9.17) is 16.3 Å². The van der Waals surface area contributed by atoms with Gasteiger partial charge in [-0.2, -0.15) is 0 Å². The SMILES string of the molecule is COCCC(=O)N1C[C@@H]2CN(Cc3ccc(Cl)cc3)[C@H]2C1. The fourth-order valence-corrected chi connectivity index (χ4v) is 3.43. The van der Waals surface area contributed by atoms with Gasteiger partial charge in [-0.1, -0.05) is 23.7 Å². The van der Waals surface area contributed by atoms with Crippen LogP contribution < -0.4 is 0 Å². The Morgan fingerprint density at radius 3 is 2.76 bits per heavy atom. The highest BCUT2D eigenvalue weighted by molar-refractivity contribution is 6.30. The standard InChI is InChI=1S/C16H21ClN2O2/c1-21-7-6-16(20)19-10-13-9-18(15(13)11-19)8-12-2-4-14(17)5-3-12/h2-5,13,15H,6-11H2,1H3/t13-,15-/m0/s1. The minimum atomic E-state index is 0.220. The van der Waals surface area contributed by atoms with E-state index in [1.54, 1.807) is 7.11 Å². The fraction of sp³-hybridized carbons (Fsp3) is 0.562. The highest BCUT2D eigenvalue weighted by atomic mass is 35.5. The number of benzene rings is 1. The Balaban J connectivity index is 1.52. The van der Waals surface area contributed by atoms with E-state index in [9.17, 15) is 4.79 Å². The van der Waals surface area contributed by atoms with E-state index < -0.39 is 0 Å². The molecule has 2 heterocycles. The van der Waals surface area contributed by atoms with Crippen molar-refractivity contribution in [2.24, 2.45) is 5.92 Å². The average Bonchev–Trinajstić information content (AvgIpc) is 2.82. The Hall–Kier alpha value is -1.10. The predicted octanol–water partition coefficient (Wildman–Crippen LogP) is 2.02. The summed E-state index contributed by atoms with van der Waals surface area (Å²) in [5, 5.41) is 0.774. The summed E-state index contributed by atoms with van der Waals surface area (Å²) in [5.74, 6) is 0.862. The van der Waals surface area contributed by atoms with Crippen molar-refractivity contribution in [3.8, 4) is 0 Å². The molecule has 2 aliphatic heterocycles. The van der Waals surface area contributed by atoms with Crippen LogP contribution in [0.1, 0.15) is 12.0 Å². The second-order valence-electron chi connectivity index (χ2n) is 5.92. The topological polar surface area (TPSA) is 32.8 Å². The lowest BCUT2D eigenvalue weighted by Crippen LogP contribution is -2.54. The number of methoxy groups -OCH3 is 1. The molecule has 0 spiro atoms. The maximum Gasteiger partial charge on any atom is 0.224 e. The van der Waals surface area contributed by atoms with Gasteiger partial charge in [0.15, 0.2) is 0 Å². The Bertz CT molecular complexity index is 506. The molecule has 3 rings (SSSR count). The molecule has 5 heteroatoms. The number of ether oxygens (including phenoxy) is 1. The summed E-state index contributed by atoms with van der Waals surface area (Å²) >= 11 is 5.91. The first kappa shape index (κ1) is 14.8. The van der Waals surface area contributed by atoms with Crippen LogP contribution in [-0.4, -0.2) is 55.1 Å². The third-order valence-corrected chi connectivity index (χ3v) is 4.77. The van der Waals surface area contributed by atoms with Gasteiger partial charge in [-0.15, -0.1) is 0 Å². The monoisotopic (exact) mass is 308 g/mol. The Labute approximate surface area is 130 Å². The molecule has 0 bridgehead atoms. The molecule has 2 atom stereocenters. The van der Waals surface area contributed by atoms with Gasteiger partial charge in [-0.05, 0) is 17.7 Å². The lowest BCUT2D eigenvalue weighted by molar-refractivity contribution is -0.131. The number of hydrogen-bond acceptors (Lipinski definition) is 3. The van der Waals surface area contributed by atoms with Crippen LogP contribution in [0, 0.1) is 5.92 Å². The van der Waals surface area contributed by atoms with E-state index >= 15 is 0 Å². The molecule has 0 unspecified atom stereocenters. The number of halogens is 1. The van der Waals surface area contributed by atoms with Gasteiger partial charge in [0.2, 0.25) is 5.91 Å². The quantitative estimate of drug-likeness (QED) is 0.834. The number of fused-ring (bicyclic) bond motifs is 1. The third kappa shape index (κ3) is 3.23. The van der Waals surface area contributed by atoms with E-state index in [1.807, 2.05) is 17.0 Å². The lowest BCUT2D eigenvalue weighted by Gasteiger charge is -2.43. The molecule has 21 heavy (non-hydrogen) atoms. The first-order chi connectivity index (χ1) is 10.2. The zero-order valence-electron chi connectivity index (χ0n) is 12.3. The van der Waals surface area contributed by atoms with Crippen molar-refractivity contribution < 1.29 is 9.53 Å².